The molecular weight excluding hydrogens is 166 g/mol. The van der Waals surface area contributed by atoms with Crippen molar-refractivity contribution >= 4 is 17.4 Å². The van der Waals surface area contributed by atoms with Crippen molar-refractivity contribution in [2.24, 2.45) is 0 Å². The van der Waals surface area contributed by atoms with E-state index in [2.05, 4.69) is 26.8 Å². The standard InChI is InChI=1S/C10H15NS/c1-7(2)12-10-5-8(3)4-9(11)6-10/h4-7H,11H2,1-3H3. The predicted molar refractivity (Wildman–Crippen MR) is 56.6 cm³/mol. The third-order valence-electron chi connectivity index (χ3n) is 1.44. The highest BCUT2D eigenvalue weighted by atomic mass is 32.2. The van der Waals surface area contributed by atoms with Gasteiger partial charge in [-0.15, -0.1) is 11.8 Å². The molecule has 0 atom stereocenters. The van der Waals surface area contributed by atoms with E-state index in [1.807, 2.05) is 23.9 Å². The fraction of sp³-hybridized carbons (Fsp3) is 0.400. The average molecular weight is 181 g/mol. The lowest BCUT2D eigenvalue weighted by molar-refractivity contribution is 1.11. The molecule has 0 saturated carbocycles. The molecule has 0 aliphatic heterocycles. The van der Waals surface area contributed by atoms with Crippen molar-refractivity contribution < 1.29 is 0 Å². The first-order valence-corrected chi connectivity index (χ1v) is 4.99. The zero-order valence-electron chi connectivity index (χ0n) is 7.79. The van der Waals surface area contributed by atoms with Crippen molar-refractivity contribution in [2.45, 2.75) is 30.9 Å². The number of anilines is 1. The van der Waals surface area contributed by atoms with Crippen molar-refractivity contribution in [3.63, 3.8) is 0 Å². The maximum Gasteiger partial charge on any atom is 0.0327 e. The molecule has 1 nitrogen and oxygen atoms in total. The molecule has 2 N–H and O–H groups in total. The number of aryl methyl sites for hydroxylation is 1. The number of hydrogen-bond acceptors (Lipinski definition) is 2. The lowest BCUT2D eigenvalue weighted by Crippen LogP contribution is -1.90. The maximum atomic E-state index is 5.72. The predicted octanol–water partition coefficient (Wildman–Crippen LogP) is 3.08. The molecule has 2 heteroatoms. The minimum absolute atomic E-state index is 0.617. The number of rotatable bonds is 2. The second kappa shape index (κ2) is 3.85. The Bertz CT molecular complexity index is 248. The second-order valence-electron chi connectivity index (χ2n) is 3.25. The summed E-state index contributed by atoms with van der Waals surface area (Å²) in [4.78, 5) is 1.27. The van der Waals surface area contributed by atoms with Crippen LogP contribution in [-0.4, -0.2) is 5.25 Å². The molecule has 0 heterocycles. The molecule has 1 rings (SSSR count). The molecule has 0 saturated heterocycles. The molecule has 0 aliphatic rings. The van der Waals surface area contributed by atoms with E-state index in [1.165, 1.54) is 10.5 Å². The average Bonchev–Trinajstić information content (AvgIpc) is 1.81. The number of nitrogens with two attached hydrogens (primary N) is 1. The molecule has 0 unspecified atom stereocenters. The lowest BCUT2D eigenvalue weighted by atomic mass is 10.2. The molecule has 0 spiro atoms. The Kier molecular flexibility index (Phi) is 3.04. The third kappa shape index (κ3) is 2.78. The maximum absolute atomic E-state index is 5.72. The Labute approximate surface area is 78.4 Å². The summed E-state index contributed by atoms with van der Waals surface area (Å²) in [7, 11) is 0. The fourth-order valence-electron chi connectivity index (χ4n) is 1.12. The highest BCUT2D eigenvalue weighted by molar-refractivity contribution is 7.99. The first kappa shape index (κ1) is 9.46. The monoisotopic (exact) mass is 181 g/mol. The van der Waals surface area contributed by atoms with Gasteiger partial charge in [-0.2, -0.15) is 0 Å². The number of benzene rings is 1. The minimum atomic E-state index is 0.617. The van der Waals surface area contributed by atoms with Crippen LogP contribution in [0, 0.1) is 6.92 Å². The van der Waals surface area contributed by atoms with E-state index in [9.17, 15) is 0 Å². The van der Waals surface area contributed by atoms with E-state index < -0.39 is 0 Å². The second-order valence-corrected chi connectivity index (χ2v) is 4.90. The van der Waals surface area contributed by atoms with Crippen molar-refractivity contribution in [3.8, 4) is 0 Å². The Morgan fingerprint density at radius 1 is 1.25 bits per heavy atom. The van der Waals surface area contributed by atoms with Gasteiger partial charge in [0.1, 0.15) is 0 Å². The molecular formula is C10H15NS. The first-order valence-electron chi connectivity index (χ1n) is 4.12. The van der Waals surface area contributed by atoms with E-state index >= 15 is 0 Å². The van der Waals surface area contributed by atoms with Gasteiger partial charge in [0, 0.05) is 15.8 Å². The van der Waals surface area contributed by atoms with Crippen molar-refractivity contribution in [1.82, 2.24) is 0 Å². The first-order chi connectivity index (χ1) is 5.58. The Hall–Kier alpha value is -0.630. The van der Waals surface area contributed by atoms with Gasteiger partial charge in [-0.1, -0.05) is 13.8 Å². The van der Waals surface area contributed by atoms with Gasteiger partial charge < -0.3 is 5.73 Å². The molecule has 1 aromatic carbocycles. The highest BCUT2D eigenvalue weighted by Crippen LogP contribution is 2.25. The summed E-state index contributed by atoms with van der Waals surface area (Å²) in [6, 6.07) is 6.18. The third-order valence-corrected chi connectivity index (χ3v) is 2.42. The van der Waals surface area contributed by atoms with Crippen LogP contribution in [0.2, 0.25) is 0 Å². The van der Waals surface area contributed by atoms with E-state index in [0.29, 0.717) is 5.25 Å². The van der Waals surface area contributed by atoms with Gasteiger partial charge in [0.15, 0.2) is 0 Å². The summed E-state index contributed by atoms with van der Waals surface area (Å²) in [6.45, 7) is 6.44. The topological polar surface area (TPSA) is 26.0 Å². The minimum Gasteiger partial charge on any atom is -0.399 e. The van der Waals surface area contributed by atoms with Crippen molar-refractivity contribution in [2.75, 3.05) is 5.73 Å². The van der Waals surface area contributed by atoms with Gasteiger partial charge in [0.2, 0.25) is 0 Å². The van der Waals surface area contributed by atoms with Gasteiger partial charge in [-0.3, -0.25) is 0 Å². The molecule has 12 heavy (non-hydrogen) atoms. The summed E-state index contributed by atoms with van der Waals surface area (Å²) in [5, 5.41) is 0.617. The van der Waals surface area contributed by atoms with Crippen molar-refractivity contribution in [3.05, 3.63) is 23.8 Å². The van der Waals surface area contributed by atoms with Crippen LogP contribution in [0.4, 0.5) is 5.69 Å². The molecule has 0 amide bonds. The molecule has 0 aromatic heterocycles. The van der Waals surface area contributed by atoms with Crippen LogP contribution in [0.5, 0.6) is 0 Å². The van der Waals surface area contributed by atoms with E-state index in [0.717, 1.165) is 5.69 Å². The van der Waals surface area contributed by atoms with Gasteiger partial charge in [-0.05, 0) is 30.7 Å². The summed E-state index contributed by atoms with van der Waals surface area (Å²) >= 11 is 1.85. The zero-order valence-corrected chi connectivity index (χ0v) is 8.61. The van der Waals surface area contributed by atoms with Crippen LogP contribution in [0.1, 0.15) is 19.4 Å². The van der Waals surface area contributed by atoms with Crippen LogP contribution in [-0.2, 0) is 0 Å². The van der Waals surface area contributed by atoms with Gasteiger partial charge in [-0.25, -0.2) is 0 Å². The normalized spacial score (nSPS) is 10.7. The van der Waals surface area contributed by atoms with Crippen LogP contribution in [0.3, 0.4) is 0 Å². The molecule has 0 bridgehead atoms. The van der Waals surface area contributed by atoms with Gasteiger partial charge >= 0.3 is 0 Å². The number of hydrogen-bond donors (Lipinski definition) is 1. The Morgan fingerprint density at radius 2 is 1.92 bits per heavy atom. The fourth-order valence-corrected chi connectivity index (χ4v) is 2.12. The molecule has 66 valence electrons. The lowest BCUT2D eigenvalue weighted by Gasteiger charge is -2.06. The van der Waals surface area contributed by atoms with E-state index in [1.54, 1.807) is 0 Å². The number of thioether (sulfide) groups is 1. The smallest absolute Gasteiger partial charge is 0.0327 e. The molecule has 1 aromatic rings. The highest BCUT2D eigenvalue weighted by Gasteiger charge is 1.99. The molecule has 0 radical (unpaired) electrons. The van der Waals surface area contributed by atoms with E-state index in [4.69, 9.17) is 5.73 Å². The van der Waals surface area contributed by atoms with Gasteiger partial charge in [0.05, 0.1) is 0 Å². The molecule has 0 aliphatic carbocycles. The quantitative estimate of drug-likeness (QED) is 0.560. The van der Waals surface area contributed by atoms with Gasteiger partial charge in [0.25, 0.3) is 0 Å². The number of nitrogen functional groups attached to an aromatic ring is 1. The largest absolute Gasteiger partial charge is 0.399 e. The summed E-state index contributed by atoms with van der Waals surface area (Å²) in [6.07, 6.45) is 0. The SMILES string of the molecule is Cc1cc(N)cc(SC(C)C)c1. The van der Waals surface area contributed by atoms with Crippen LogP contribution < -0.4 is 5.73 Å². The zero-order chi connectivity index (χ0) is 9.14. The summed E-state index contributed by atoms with van der Waals surface area (Å²) in [5.41, 5.74) is 7.82. The van der Waals surface area contributed by atoms with Crippen LogP contribution >= 0.6 is 11.8 Å². The summed E-state index contributed by atoms with van der Waals surface area (Å²) in [5.74, 6) is 0. The summed E-state index contributed by atoms with van der Waals surface area (Å²) < 4.78 is 0. The van der Waals surface area contributed by atoms with Crippen LogP contribution in [0.15, 0.2) is 23.1 Å². The van der Waals surface area contributed by atoms with Crippen LogP contribution in [0.25, 0.3) is 0 Å². The van der Waals surface area contributed by atoms with E-state index in [-0.39, 0.29) is 0 Å². The Balaban J connectivity index is 2.85. The van der Waals surface area contributed by atoms with Crippen molar-refractivity contribution in [1.29, 1.82) is 0 Å². The molecule has 0 fully saturated rings. The Morgan fingerprint density at radius 3 is 2.42 bits per heavy atom.